The molecule has 0 aliphatic rings. The number of aromatic nitrogens is 1. The molecule has 0 amide bonds. The first-order chi connectivity index (χ1) is 7.66. The van der Waals surface area contributed by atoms with Gasteiger partial charge in [-0.3, -0.25) is 0 Å². The van der Waals surface area contributed by atoms with Crippen molar-refractivity contribution in [3.8, 4) is 0 Å². The monoisotopic (exact) mass is 230 g/mol. The summed E-state index contributed by atoms with van der Waals surface area (Å²) in [7, 11) is 0. The molecule has 1 aromatic heterocycles. The molecule has 1 aromatic carbocycles. The van der Waals surface area contributed by atoms with E-state index in [1.165, 1.54) is 11.1 Å². The number of hydrogen-bond acceptors (Lipinski definition) is 1. The first-order valence-corrected chi connectivity index (χ1v) is 5.58. The number of thiocarbonyl (C=S) groups is 1. The van der Waals surface area contributed by atoms with Crippen LogP contribution in [-0.2, 0) is 6.54 Å². The maximum Gasteiger partial charge on any atom is 0.120 e. The van der Waals surface area contributed by atoms with Crippen molar-refractivity contribution >= 4 is 17.2 Å². The highest BCUT2D eigenvalue weighted by Gasteiger charge is 2.03. The van der Waals surface area contributed by atoms with E-state index >= 15 is 0 Å². The number of nitrogens with two attached hydrogens (primary N) is 1. The third kappa shape index (κ3) is 2.31. The molecule has 0 radical (unpaired) electrons. The molecule has 2 aromatic rings. The van der Waals surface area contributed by atoms with Crippen molar-refractivity contribution in [1.29, 1.82) is 0 Å². The van der Waals surface area contributed by atoms with Crippen molar-refractivity contribution in [2.75, 3.05) is 0 Å². The van der Waals surface area contributed by atoms with Gasteiger partial charge in [0.25, 0.3) is 0 Å². The average molecular weight is 230 g/mol. The summed E-state index contributed by atoms with van der Waals surface area (Å²) < 4.78 is 2.07. The van der Waals surface area contributed by atoms with Crippen molar-refractivity contribution in [2.24, 2.45) is 5.73 Å². The second kappa shape index (κ2) is 4.49. The Morgan fingerprint density at radius 3 is 2.81 bits per heavy atom. The minimum Gasteiger partial charge on any atom is -0.388 e. The summed E-state index contributed by atoms with van der Waals surface area (Å²) in [6.07, 6.45) is 2.00. The molecule has 3 heteroatoms. The fourth-order valence-electron chi connectivity index (χ4n) is 1.78. The Morgan fingerprint density at radius 2 is 2.12 bits per heavy atom. The van der Waals surface area contributed by atoms with Crippen LogP contribution in [0.25, 0.3) is 0 Å². The molecular weight excluding hydrogens is 216 g/mol. The van der Waals surface area contributed by atoms with Crippen LogP contribution < -0.4 is 5.73 Å². The van der Waals surface area contributed by atoms with Gasteiger partial charge in [-0.1, -0.05) is 42.0 Å². The maximum atomic E-state index is 5.65. The predicted molar refractivity (Wildman–Crippen MR) is 70.6 cm³/mol. The van der Waals surface area contributed by atoms with Crippen molar-refractivity contribution in [3.63, 3.8) is 0 Å². The number of aryl methyl sites for hydroxylation is 1. The maximum absolute atomic E-state index is 5.65. The predicted octanol–water partition coefficient (Wildman–Crippen LogP) is 2.48. The minimum absolute atomic E-state index is 0.442. The molecule has 0 unspecified atom stereocenters. The van der Waals surface area contributed by atoms with E-state index in [0.29, 0.717) is 4.99 Å². The summed E-state index contributed by atoms with van der Waals surface area (Å²) in [5, 5.41) is 0. The zero-order chi connectivity index (χ0) is 11.5. The fourth-order valence-corrected chi connectivity index (χ4v) is 1.97. The third-order valence-corrected chi connectivity index (χ3v) is 2.73. The Bertz CT molecular complexity index is 514. The van der Waals surface area contributed by atoms with E-state index in [0.717, 1.165) is 12.2 Å². The molecule has 0 atom stereocenters. The molecule has 1 heterocycles. The van der Waals surface area contributed by atoms with E-state index < -0.39 is 0 Å². The molecule has 0 fully saturated rings. The first kappa shape index (κ1) is 10.9. The summed E-state index contributed by atoms with van der Waals surface area (Å²) in [4.78, 5) is 0.442. The van der Waals surface area contributed by atoms with Gasteiger partial charge >= 0.3 is 0 Å². The molecule has 2 nitrogen and oxygen atoms in total. The van der Waals surface area contributed by atoms with E-state index in [1.807, 2.05) is 18.3 Å². The van der Waals surface area contributed by atoms with Crippen LogP contribution in [0.3, 0.4) is 0 Å². The Hall–Kier alpha value is -1.61. The largest absolute Gasteiger partial charge is 0.388 e. The summed E-state index contributed by atoms with van der Waals surface area (Å²) in [6, 6.07) is 12.3. The summed E-state index contributed by atoms with van der Waals surface area (Å²) in [5.74, 6) is 0. The highest BCUT2D eigenvalue weighted by Crippen LogP contribution is 2.09. The highest BCUT2D eigenvalue weighted by atomic mass is 32.1. The lowest BCUT2D eigenvalue weighted by molar-refractivity contribution is 0.798. The van der Waals surface area contributed by atoms with Crippen LogP contribution in [0.2, 0.25) is 0 Å². The normalized spacial score (nSPS) is 10.3. The van der Waals surface area contributed by atoms with Crippen LogP contribution in [0.4, 0.5) is 0 Å². The Kier molecular flexibility index (Phi) is 3.06. The summed E-state index contributed by atoms with van der Waals surface area (Å²) >= 11 is 5.00. The van der Waals surface area contributed by atoms with Gasteiger partial charge in [-0.25, -0.2) is 0 Å². The van der Waals surface area contributed by atoms with Crippen molar-refractivity contribution in [1.82, 2.24) is 4.57 Å². The Morgan fingerprint density at radius 1 is 1.31 bits per heavy atom. The lowest BCUT2D eigenvalue weighted by Gasteiger charge is -2.08. The number of benzene rings is 1. The average Bonchev–Trinajstić information content (AvgIpc) is 2.66. The molecule has 0 spiro atoms. The molecule has 16 heavy (non-hydrogen) atoms. The van der Waals surface area contributed by atoms with Gasteiger partial charge in [0.1, 0.15) is 4.99 Å². The van der Waals surface area contributed by atoms with Gasteiger partial charge in [-0.2, -0.15) is 0 Å². The quantitative estimate of drug-likeness (QED) is 0.821. The van der Waals surface area contributed by atoms with Crippen LogP contribution in [0.1, 0.15) is 16.8 Å². The van der Waals surface area contributed by atoms with E-state index in [4.69, 9.17) is 18.0 Å². The second-order valence-corrected chi connectivity index (χ2v) is 4.31. The van der Waals surface area contributed by atoms with Gasteiger partial charge in [-0.05, 0) is 24.6 Å². The SMILES string of the molecule is Cc1cccc(Cn2cccc2C(N)=S)c1. The molecular formula is C13H14N2S. The minimum atomic E-state index is 0.442. The van der Waals surface area contributed by atoms with Gasteiger partial charge in [0.05, 0.1) is 5.69 Å². The topological polar surface area (TPSA) is 30.9 Å². The number of hydrogen-bond donors (Lipinski definition) is 1. The molecule has 0 saturated carbocycles. The van der Waals surface area contributed by atoms with Crippen LogP contribution in [0.15, 0.2) is 42.6 Å². The van der Waals surface area contributed by atoms with Gasteiger partial charge in [0.15, 0.2) is 0 Å². The Labute approximate surface area is 101 Å². The lowest BCUT2D eigenvalue weighted by Crippen LogP contribution is -2.15. The Balaban J connectivity index is 2.27. The van der Waals surface area contributed by atoms with Crippen molar-refractivity contribution in [3.05, 3.63) is 59.4 Å². The van der Waals surface area contributed by atoms with E-state index in [-0.39, 0.29) is 0 Å². The first-order valence-electron chi connectivity index (χ1n) is 5.17. The fraction of sp³-hybridized carbons (Fsp3) is 0.154. The van der Waals surface area contributed by atoms with E-state index in [1.54, 1.807) is 0 Å². The molecule has 2 N–H and O–H groups in total. The lowest BCUT2D eigenvalue weighted by atomic mass is 10.1. The third-order valence-electron chi connectivity index (χ3n) is 2.52. The molecule has 0 saturated heterocycles. The van der Waals surface area contributed by atoms with Crippen molar-refractivity contribution in [2.45, 2.75) is 13.5 Å². The van der Waals surface area contributed by atoms with Gasteiger partial charge in [0.2, 0.25) is 0 Å². The molecule has 0 aliphatic carbocycles. The van der Waals surface area contributed by atoms with Gasteiger partial charge < -0.3 is 10.3 Å². The van der Waals surface area contributed by atoms with Crippen molar-refractivity contribution < 1.29 is 0 Å². The molecule has 2 rings (SSSR count). The summed E-state index contributed by atoms with van der Waals surface area (Å²) in [6.45, 7) is 2.90. The smallest absolute Gasteiger partial charge is 0.120 e. The summed E-state index contributed by atoms with van der Waals surface area (Å²) in [5.41, 5.74) is 9.09. The molecule has 82 valence electrons. The standard InChI is InChI=1S/C13H14N2S/c1-10-4-2-5-11(8-10)9-15-7-3-6-12(15)13(14)16/h2-8H,9H2,1H3,(H2,14,16). The van der Waals surface area contributed by atoms with Crippen LogP contribution >= 0.6 is 12.2 Å². The molecule has 0 bridgehead atoms. The molecule has 0 aliphatic heterocycles. The van der Waals surface area contributed by atoms with Gasteiger partial charge in [0, 0.05) is 12.7 Å². The number of rotatable bonds is 3. The van der Waals surface area contributed by atoms with E-state index in [2.05, 4.69) is 35.8 Å². The number of nitrogens with zero attached hydrogens (tertiary/aromatic N) is 1. The van der Waals surface area contributed by atoms with Gasteiger partial charge in [-0.15, -0.1) is 0 Å². The zero-order valence-electron chi connectivity index (χ0n) is 9.18. The van der Waals surface area contributed by atoms with E-state index in [9.17, 15) is 0 Å². The van der Waals surface area contributed by atoms with Crippen LogP contribution in [0.5, 0.6) is 0 Å². The second-order valence-electron chi connectivity index (χ2n) is 3.87. The highest BCUT2D eigenvalue weighted by molar-refractivity contribution is 7.80. The zero-order valence-corrected chi connectivity index (χ0v) is 10.00. The van der Waals surface area contributed by atoms with Crippen LogP contribution in [0, 0.1) is 6.92 Å². The van der Waals surface area contributed by atoms with Crippen LogP contribution in [-0.4, -0.2) is 9.56 Å².